The van der Waals surface area contributed by atoms with Crippen LogP contribution in [0.4, 0.5) is 0 Å². The molecule has 0 aromatic carbocycles. The Bertz CT molecular complexity index is 282. The second-order valence-corrected chi connectivity index (χ2v) is 4.51. The Hall–Kier alpha value is -0.870. The molecule has 0 aliphatic rings. The van der Waals surface area contributed by atoms with E-state index in [1.54, 1.807) is 18.3 Å². The predicted molar refractivity (Wildman–Crippen MR) is 59.3 cm³/mol. The van der Waals surface area contributed by atoms with Gasteiger partial charge in [-0.3, -0.25) is 4.79 Å². The number of carbonyl (C=O) groups is 1. The van der Waals surface area contributed by atoms with Crippen LogP contribution in [0.5, 0.6) is 0 Å². The lowest BCUT2D eigenvalue weighted by Crippen LogP contribution is -2.43. The molecule has 0 aliphatic carbocycles. The van der Waals surface area contributed by atoms with Gasteiger partial charge in [0.2, 0.25) is 5.91 Å². The number of thiophene rings is 1. The van der Waals surface area contributed by atoms with Crippen LogP contribution >= 0.6 is 11.3 Å². The van der Waals surface area contributed by atoms with E-state index in [9.17, 15) is 4.79 Å². The van der Waals surface area contributed by atoms with Gasteiger partial charge >= 0.3 is 0 Å². The number of hydrogen-bond donors (Lipinski definition) is 2. The van der Waals surface area contributed by atoms with Crippen LogP contribution in [0.25, 0.3) is 0 Å². The summed E-state index contributed by atoms with van der Waals surface area (Å²) < 4.78 is 0. The molecule has 2 atom stereocenters. The summed E-state index contributed by atoms with van der Waals surface area (Å²) in [5.41, 5.74) is 5.45. The summed E-state index contributed by atoms with van der Waals surface area (Å²) in [6.45, 7) is 3.67. The molecule has 1 heterocycles. The Kier molecular flexibility index (Phi) is 4.10. The van der Waals surface area contributed by atoms with E-state index in [0.717, 1.165) is 6.42 Å². The molecule has 0 radical (unpaired) electrons. The van der Waals surface area contributed by atoms with Gasteiger partial charge in [-0.2, -0.15) is 0 Å². The van der Waals surface area contributed by atoms with Gasteiger partial charge in [-0.05, 0) is 25.3 Å². The van der Waals surface area contributed by atoms with Crippen LogP contribution in [0.15, 0.2) is 17.5 Å². The minimum atomic E-state index is -0.430. The maximum atomic E-state index is 11.2. The Morgan fingerprint density at radius 2 is 2.36 bits per heavy atom. The van der Waals surface area contributed by atoms with Crippen molar-refractivity contribution in [2.24, 2.45) is 5.73 Å². The van der Waals surface area contributed by atoms with E-state index in [-0.39, 0.29) is 11.9 Å². The Morgan fingerprint density at radius 3 is 2.86 bits per heavy atom. The highest BCUT2D eigenvalue weighted by Gasteiger charge is 2.11. The van der Waals surface area contributed by atoms with Crippen molar-refractivity contribution in [3.8, 4) is 0 Å². The Balaban J connectivity index is 2.36. The van der Waals surface area contributed by atoms with Gasteiger partial charge in [-0.25, -0.2) is 0 Å². The fourth-order valence-corrected chi connectivity index (χ4v) is 1.99. The van der Waals surface area contributed by atoms with Gasteiger partial charge in [-0.1, -0.05) is 6.07 Å². The molecular weight excluding hydrogens is 196 g/mol. The molecule has 1 aromatic heterocycles. The molecule has 1 aromatic rings. The van der Waals surface area contributed by atoms with Crippen molar-refractivity contribution in [2.75, 3.05) is 0 Å². The van der Waals surface area contributed by atoms with Crippen LogP contribution in [0, 0.1) is 0 Å². The highest BCUT2D eigenvalue weighted by Crippen LogP contribution is 2.10. The first kappa shape index (κ1) is 11.2. The summed E-state index contributed by atoms with van der Waals surface area (Å²) in [7, 11) is 0. The van der Waals surface area contributed by atoms with Crippen LogP contribution in [-0.2, 0) is 11.2 Å². The normalized spacial score (nSPS) is 14.8. The Morgan fingerprint density at radius 1 is 1.64 bits per heavy atom. The third kappa shape index (κ3) is 3.47. The average molecular weight is 212 g/mol. The standard InChI is InChI=1S/C10H16N2OS/c1-7(12-10(13)8(2)11)6-9-4-3-5-14-9/h3-5,7-8H,6,11H2,1-2H3,(H,12,13). The quantitative estimate of drug-likeness (QED) is 0.786. The molecule has 0 aliphatic heterocycles. The molecule has 0 bridgehead atoms. The lowest BCUT2D eigenvalue weighted by Gasteiger charge is -2.14. The molecule has 3 nitrogen and oxygen atoms in total. The summed E-state index contributed by atoms with van der Waals surface area (Å²) in [5, 5.41) is 4.90. The van der Waals surface area contributed by atoms with Crippen molar-refractivity contribution in [2.45, 2.75) is 32.4 Å². The van der Waals surface area contributed by atoms with E-state index in [2.05, 4.69) is 11.4 Å². The Labute approximate surface area is 88.3 Å². The van der Waals surface area contributed by atoms with Crippen LogP contribution in [0.3, 0.4) is 0 Å². The zero-order valence-corrected chi connectivity index (χ0v) is 9.30. The average Bonchev–Trinajstić information content (AvgIpc) is 2.56. The van der Waals surface area contributed by atoms with Crippen LogP contribution in [-0.4, -0.2) is 18.0 Å². The van der Waals surface area contributed by atoms with Gasteiger partial charge in [0.05, 0.1) is 6.04 Å². The molecule has 0 spiro atoms. The lowest BCUT2D eigenvalue weighted by molar-refractivity contribution is -0.122. The number of carbonyl (C=O) groups excluding carboxylic acids is 1. The van der Waals surface area contributed by atoms with E-state index >= 15 is 0 Å². The van der Waals surface area contributed by atoms with Crippen LogP contribution in [0.2, 0.25) is 0 Å². The van der Waals surface area contributed by atoms with Gasteiger partial charge in [0.1, 0.15) is 0 Å². The smallest absolute Gasteiger partial charge is 0.236 e. The number of nitrogens with two attached hydrogens (primary N) is 1. The zero-order valence-electron chi connectivity index (χ0n) is 8.49. The SMILES string of the molecule is CC(Cc1cccs1)NC(=O)C(C)N. The first-order chi connectivity index (χ1) is 6.59. The van der Waals surface area contributed by atoms with Crippen molar-refractivity contribution in [3.63, 3.8) is 0 Å². The van der Waals surface area contributed by atoms with Gasteiger partial charge < -0.3 is 11.1 Å². The molecule has 1 amide bonds. The summed E-state index contributed by atoms with van der Waals surface area (Å²) in [4.78, 5) is 12.5. The molecule has 14 heavy (non-hydrogen) atoms. The van der Waals surface area contributed by atoms with Crippen molar-refractivity contribution in [1.82, 2.24) is 5.32 Å². The monoisotopic (exact) mass is 212 g/mol. The molecule has 0 saturated heterocycles. The van der Waals surface area contributed by atoms with Crippen LogP contribution < -0.4 is 11.1 Å². The number of rotatable bonds is 4. The third-order valence-corrected chi connectivity index (χ3v) is 2.79. The molecule has 1 rings (SSSR count). The maximum absolute atomic E-state index is 11.2. The second-order valence-electron chi connectivity index (χ2n) is 3.48. The molecule has 0 fully saturated rings. The maximum Gasteiger partial charge on any atom is 0.236 e. The van der Waals surface area contributed by atoms with Crippen molar-refractivity contribution in [3.05, 3.63) is 22.4 Å². The molecule has 0 saturated carbocycles. The summed E-state index contributed by atoms with van der Waals surface area (Å²) >= 11 is 1.70. The largest absolute Gasteiger partial charge is 0.352 e. The topological polar surface area (TPSA) is 55.1 Å². The third-order valence-electron chi connectivity index (χ3n) is 1.89. The number of hydrogen-bond acceptors (Lipinski definition) is 3. The molecule has 3 N–H and O–H groups in total. The lowest BCUT2D eigenvalue weighted by atomic mass is 10.2. The molecular formula is C10H16N2OS. The summed E-state index contributed by atoms with van der Waals surface area (Å²) in [6.07, 6.45) is 0.871. The van der Waals surface area contributed by atoms with Crippen molar-refractivity contribution >= 4 is 17.2 Å². The van der Waals surface area contributed by atoms with E-state index in [0.29, 0.717) is 0 Å². The van der Waals surface area contributed by atoms with E-state index in [1.807, 2.05) is 18.4 Å². The summed E-state index contributed by atoms with van der Waals surface area (Å²) in [5.74, 6) is -0.0888. The molecule has 4 heteroatoms. The minimum absolute atomic E-state index is 0.0888. The van der Waals surface area contributed by atoms with E-state index in [4.69, 9.17) is 5.73 Å². The number of amides is 1. The summed E-state index contributed by atoms with van der Waals surface area (Å²) in [6, 6.07) is 3.80. The minimum Gasteiger partial charge on any atom is -0.352 e. The first-order valence-corrected chi connectivity index (χ1v) is 5.56. The second kappa shape index (κ2) is 5.12. The van der Waals surface area contributed by atoms with E-state index < -0.39 is 6.04 Å². The van der Waals surface area contributed by atoms with E-state index in [1.165, 1.54) is 4.88 Å². The fraction of sp³-hybridized carbons (Fsp3) is 0.500. The zero-order chi connectivity index (χ0) is 10.6. The fourth-order valence-electron chi connectivity index (χ4n) is 1.16. The number of nitrogens with one attached hydrogen (secondary N) is 1. The van der Waals surface area contributed by atoms with Crippen LogP contribution in [0.1, 0.15) is 18.7 Å². The van der Waals surface area contributed by atoms with Gasteiger partial charge in [-0.15, -0.1) is 11.3 Å². The predicted octanol–water partition coefficient (Wildman–Crippen LogP) is 1.14. The molecule has 2 unspecified atom stereocenters. The highest BCUT2D eigenvalue weighted by molar-refractivity contribution is 7.09. The van der Waals surface area contributed by atoms with Gasteiger partial charge in [0.25, 0.3) is 0 Å². The highest BCUT2D eigenvalue weighted by atomic mass is 32.1. The van der Waals surface area contributed by atoms with Crippen molar-refractivity contribution < 1.29 is 4.79 Å². The van der Waals surface area contributed by atoms with Gasteiger partial charge in [0, 0.05) is 17.3 Å². The van der Waals surface area contributed by atoms with Gasteiger partial charge in [0.15, 0.2) is 0 Å². The first-order valence-electron chi connectivity index (χ1n) is 4.68. The molecule has 78 valence electrons. The van der Waals surface area contributed by atoms with Crippen molar-refractivity contribution in [1.29, 1.82) is 0 Å².